The van der Waals surface area contributed by atoms with Crippen LogP contribution in [-0.4, -0.2) is 53.0 Å². The van der Waals surface area contributed by atoms with E-state index in [1.807, 2.05) is 31.3 Å². The number of piperidine rings is 1. The molecule has 0 N–H and O–H groups in total. The summed E-state index contributed by atoms with van der Waals surface area (Å²) in [7, 11) is 2.05. The van der Waals surface area contributed by atoms with Crippen LogP contribution in [0.3, 0.4) is 0 Å². The monoisotopic (exact) mass is 515 g/mol. The van der Waals surface area contributed by atoms with E-state index in [4.69, 9.17) is 0 Å². The average molecular weight is 516 g/mol. The number of benzene rings is 2. The standard InChI is InChI=1S/C31H34FN3OS/c1-21-16-24-4-3-5-28(30(24)33(21)2)31(36)35-18-26(29(19-35)25-12-15-37-20-25)17-34-13-10-23(11-14-34)22-6-8-27(32)9-7-22/h3-9,12,15-16,20,23,26,29H,10-11,13-14,17-19H2,1-2H3. The Labute approximate surface area is 222 Å². The Kier molecular flexibility index (Phi) is 6.63. The number of fused-ring (bicyclic) bond motifs is 1. The van der Waals surface area contributed by atoms with Crippen LogP contribution < -0.4 is 0 Å². The first-order chi connectivity index (χ1) is 18.0. The molecule has 4 heterocycles. The van der Waals surface area contributed by atoms with E-state index in [0.29, 0.717) is 17.8 Å². The molecule has 2 aromatic heterocycles. The third kappa shape index (κ3) is 4.73. The highest BCUT2D eigenvalue weighted by Crippen LogP contribution is 2.37. The summed E-state index contributed by atoms with van der Waals surface area (Å²) in [5.74, 6) is 1.25. The van der Waals surface area contributed by atoms with Gasteiger partial charge < -0.3 is 14.4 Å². The summed E-state index contributed by atoms with van der Waals surface area (Å²) in [6.07, 6.45) is 2.19. The number of amides is 1. The minimum absolute atomic E-state index is 0.143. The van der Waals surface area contributed by atoms with Gasteiger partial charge in [0.15, 0.2) is 0 Å². The summed E-state index contributed by atoms with van der Waals surface area (Å²) < 4.78 is 15.5. The van der Waals surface area contributed by atoms with Crippen molar-refractivity contribution >= 4 is 28.1 Å². The highest BCUT2D eigenvalue weighted by Gasteiger charge is 2.38. The topological polar surface area (TPSA) is 28.5 Å². The quantitative estimate of drug-likeness (QED) is 0.307. The molecule has 0 saturated carbocycles. The van der Waals surface area contributed by atoms with Gasteiger partial charge in [-0.05, 0) is 96.9 Å². The summed E-state index contributed by atoms with van der Waals surface area (Å²) in [5, 5.41) is 5.53. The average Bonchev–Trinajstić information content (AvgIpc) is 3.65. The Morgan fingerprint density at radius 3 is 2.54 bits per heavy atom. The molecule has 4 aromatic rings. The van der Waals surface area contributed by atoms with Crippen LogP contribution in [0, 0.1) is 18.7 Å². The first-order valence-electron chi connectivity index (χ1n) is 13.3. The Bertz CT molecular complexity index is 1390. The van der Waals surface area contributed by atoms with Crippen molar-refractivity contribution in [3.8, 4) is 0 Å². The van der Waals surface area contributed by atoms with Crippen LogP contribution in [0.2, 0.25) is 0 Å². The number of carbonyl (C=O) groups excluding carboxylic acids is 1. The number of rotatable bonds is 5. The third-order valence-electron chi connectivity index (χ3n) is 8.65. The van der Waals surface area contributed by atoms with E-state index in [-0.39, 0.29) is 11.7 Å². The minimum atomic E-state index is -0.167. The summed E-state index contributed by atoms with van der Waals surface area (Å²) in [4.78, 5) is 18.5. The summed E-state index contributed by atoms with van der Waals surface area (Å²) in [5.41, 5.74) is 5.61. The SMILES string of the molecule is Cc1cc2cccc(C(=O)N3CC(CN4CCC(c5ccc(F)cc5)CC4)C(c4ccsc4)C3)c2n1C. The van der Waals surface area contributed by atoms with Crippen molar-refractivity contribution in [1.29, 1.82) is 0 Å². The molecule has 0 spiro atoms. The Morgan fingerprint density at radius 1 is 1.03 bits per heavy atom. The highest BCUT2D eigenvalue weighted by molar-refractivity contribution is 7.08. The maximum Gasteiger partial charge on any atom is 0.256 e. The Hall–Kier alpha value is -2.96. The number of para-hydroxylation sites is 1. The first kappa shape index (κ1) is 24.4. The van der Waals surface area contributed by atoms with Gasteiger partial charge in [-0.25, -0.2) is 4.39 Å². The van der Waals surface area contributed by atoms with Crippen LogP contribution in [0.1, 0.15) is 51.9 Å². The van der Waals surface area contributed by atoms with E-state index in [1.54, 1.807) is 23.5 Å². The fourth-order valence-corrected chi connectivity index (χ4v) is 7.22. The van der Waals surface area contributed by atoms with E-state index in [9.17, 15) is 9.18 Å². The van der Waals surface area contributed by atoms with Crippen molar-refractivity contribution in [3.63, 3.8) is 0 Å². The van der Waals surface area contributed by atoms with Gasteiger partial charge in [-0.2, -0.15) is 11.3 Å². The van der Waals surface area contributed by atoms with Crippen molar-refractivity contribution < 1.29 is 9.18 Å². The Morgan fingerprint density at radius 2 is 1.81 bits per heavy atom. The molecule has 0 radical (unpaired) electrons. The molecule has 0 aliphatic carbocycles. The van der Waals surface area contributed by atoms with Gasteiger partial charge in [0, 0.05) is 43.7 Å². The van der Waals surface area contributed by atoms with Crippen LogP contribution in [0.25, 0.3) is 10.9 Å². The van der Waals surface area contributed by atoms with Gasteiger partial charge in [0.05, 0.1) is 11.1 Å². The maximum absolute atomic E-state index is 13.9. The van der Waals surface area contributed by atoms with Gasteiger partial charge in [-0.1, -0.05) is 24.3 Å². The third-order valence-corrected chi connectivity index (χ3v) is 9.35. The second-order valence-corrected chi connectivity index (χ2v) is 11.6. The molecule has 192 valence electrons. The largest absolute Gasteiger partial charge is 0.347 e. The number of nitrogens with zero attached hydrogens (tertiary/aromatic N) is 3. The number of aryl methyl sites for hydroxylation is 2. The predicted octanol–water partition coefficient (Wildman–Crippen LogP) is 6.42. The Balaban J connectivity index is 1.18. The fourth-order valence-electron chi connectivity index (χ4n) is 6.49. The van der Waals surface area contributed by atoms with Crippen molar-refractivity contribution in [3.05, 3.63) is 93.6 Å². The molecule has 0 bridgehead atoms. The second-order valence-electron chi connectivity index (χ2n) is 10.8. The molecular formula is C31H34FN3OS. The zero-order valence-electron chi connectivity index (χ0n) is 21.6. The number of likely N-dealkylation sites (tertiary alicyclic amines) is 2. The van der Waals surface area contributed by atoms with E-state index >= 15 is 0 Å². The zero-order chi connectivity index (χ0) is 25.5. The van der Waals surface area contributed by atoms with Crippen LogP contribution >= 0.6 is 11.3 Å². The van der Waals surface area contributed by atoms with Gasteiger partial charge in [0.2, 0.25) is 0 Å². The molecule has 4 nitrogen and oxygen atoms in total. The second kappa shape index (κ2) is 10.1. The van der Waals surface area contributed by atoms with E-state index in [2.05, 4.69) is 50.2 Å². The number of hydrogen-bond acceptors (Lipinski definition) is 3. The van der Waals surface area contributed by atoms with Crippen molar-refractivity contribution in [1.82, 2.24) is 14.4 Å². The van der Waals surface area contributed by atoms with Crippen molar-refractivity contribution in [2.24, 2.45) is 13.0 Å². The molecule has 6 rings (SSSR count). The molecule has 2 saturated heterocycles. The van der Waals surface area contributed by atoms with Gasteiger partial charge in [-0.15, -0.1) is 0 Å². The molecule has 2 atom stereocenters. The van der Waals surface area contributed by atoms with Gasteiger partial charge >= 0.3 is 0 Å². The summed E-state index contributed by atoms with van der Waals surface area (Å²) >= 11 is 1.74. The van der Waals surface area contributed by atoms with Crippen molar-refractivity contribution in [2.75, 3.05) is 32.7 Å². The van der Waals surface area contributed by atoms with E-state index in [1.165, 1.54) is 11.1 Å². The number of aromatic nitrogens is 1. The summed E-state index contributed by atoms with van der Waals surface area (Å²) in [6.45, 7) is 6.75. The number of carbonyl (C=O) groups is 1. The highest BCUT2D eigenvalue weighted by atomic mass is 32.1. The molecule has 2 aliphatic rings. The van der Waals surface area contributed by atoms with Crippen LogP contribution in [-0.2, 0) is 7.05 Å². The van der Waals surface area contributed by atoms with Gasteiger partial charge in [0.1, 0.15) is 5.82 Å². The van der Waals surface area contributed by atoms with E-state index in [0.717, 1.165) is 67.7 Å². The van der Waals surface area contributed by atoms with Gasteiger partial charge in [0.25, 0.3) is 5.91 Å². The molecule has 6 heteroatoms. The minimum Gasteiger partial charge on any atom is -0.347 e. The predicted molar refractivity (Wildman–Crippen MR) is 149 cm³/mol. The lowest BCUT2D eigenvalue weighted by molar-refractivity contribution is 0.0783. The van der Waals surface area contributed by atoms with Crippen molar-refractivity contribution in [2.45, 2.75) is 31.6 Å². The zero-order valence-corrected chi connectivity index (χ0v) is 22.4. The molecule has 2 fully saturated rings. The molecule has 2 unspecified atom stereocenters. The van der Waals surface area contributed by atoms with Crippen LogP contribution in [0.5, 0.6) is 0 Å². The van der Waals surface area contributed by atoms with Crippen LogP contribution in [0.4, 0.5) is 4.39 Å². The molecule has 1 amide bonds. The van der Waals surface area contributed by atoms with E-state index < -0.39 is 0 Å². The number of halogens is 1. The van der Waals surface area contributed by atoms with Gasteiger partial charge in [-0.3, -0.25) is 4.79 Å². The van der Waals surface area contributed by atoms with Crippen LogP contribution in [0.15, 0.2) is 65.4 Å². The normalized spacial score (nSPS) is 21.2. The maximum atomic E-state index is 13.9. The first-order valence-corrected chi connectivity index (χ1v) is 14.3. The molecular weight excluding hydrogens is 481 g/mol. The smallest absolute Gasteiger partial charge is 0.256 e. The molecule has 2 aromatic carbocycles. The number of hydrogen-bond donors (Lipinski definition) is 0. The number of thiophene rings is 1. The lowest BCUT2D eigenvalue weighted by Gasteiger charge is -2.34. The lowest BCUT2D eigenvalue weighted by atomic mass is 9.87. The fraction of sp³-hybridized carbons (Fsp3) is 0.387. The summed E-state index contributed by atoms with van der Waals surface area (Å²) in [6, 6.07) is 17.5. The molecule has 2 aliphatic heterocycles. The lowest BCUT2D eigenvalue weighted by Crippen LogP contribution is -2.38. The molecule has 37 heavy (non-hydrogen) atoms.